The van der Waals surface area contributed by atoms with E-state index in [0.29, 0.717) is 11.9 Å². The SMILES string of the molecule is CCC(C)NC(=NCC(=O)N(C)C)NC1CCN(C(=O)C2CCCC2)C1. The zero-order chi connectivity index (χ0) is 19.1. The smallest absolute Gasteiger partial charge is 0.243 e. The molecule has 26 heavy (non-hydrogen) atoms. The van der Waals surface area contributed by atoms with Gasteiger partial charge in [-0.2, -0.15) is 0 Å². The summed E-state index contributed by atoms with van der Waals surface area (Å²) >= 11 is 0. The minimum atomic E-state index is -0.0280. The van der Waals surface area contributed by atoms with Crippen LogP contribution in [-0.2, 0) is 9.59 Å². The summed E-state index contributed by atoms with van der Waals surface area (Å²) in [6.45, 7) is 5.85. The van der Waals surface area contributed by atoms with Gasteiger partial charge in [0.2, 0.25) is 11.8 Å². The molecule has 2 fully saturated rings. The third kappa shape index (κ3) is 5.88. The Labute approximate surface area is 157 Å². The summed E-state index contributed by atoms with van der Waals surface area (Å²) in [5.41, 5.74) is 0. The number of rotatable bonds is 6. The fraction of sp³-hybridized carbons (Fsp3) is 0.842. The third-order valence-corrected chi connectivity index (χ3v) is 5.41. The summed E-state index contributed by atoms with van der Waals surface area (Å²) in [6.07, 6.45) is 6.34. The van der Waals surface area contributed by atoms with Crippen molar-refractivity contribution in [2.45, 2.75) is 64.5 Å². The van der Waals surface area contributed by atoms with E-state index in [1.165, 1.54) is 12.8 Å². The predicted molar refractivity (Wildman–Crippen MR) is 104 cm³/mol. The Morgan fingerprint density at radius 1 is 1.23 bits per heavy atom. The first-order valence-corrected chi connectivity index (χ1v) is 9.97. The number of likely N-dealkylation sites (N-methyl/N-ethyl adjacent to an activating group) is 1. The van der Waals surface area contributed by atoms with Crippen molar-refractivity contribution in [1.29, 1.82) is 0 Å². The van der Waals surface area contributed by atoms with Crippen molar-refractivity contribution in [2.75, 3.05) is 33.7 Å². The number of hydrogen-bond acceptors (Lipinski definition) is 3. The molecule has 2 rings (SSSR count). The van der Waals surface area contributed by atoms with Crippen LogP contribution in [-0.4, -0.2) is 73.4 Å². The van der Waals surface area contributed by atoms with Crippen molar-refractivity contribution < 1.29 is 9.59 Å². The minimum Gasteiger partial charge on any atom is -0.354 e. The van der Waals surface area contributed by atoms with E-state index in [0.717, 1.165) is 38.8 Å². The molecule has 2 amide bonds. The van der Waals surface area contributed by atoms with Crippen LogP contribution in [0.25, 0.3) is 0 Å². The molecule has 2 N–H and O–H groups in total. The number of nitrogens with zero attached hydrogens (tertiary/aromatic N) is 3. The number of amides is 2. The van der Waals surface area contributed by atoms with Gasteiger partial charge in [0, 0.05) is 45.2 Å². The van der Waals surface area contributed by atoms with Crippen LogP contribution in [0, 0.1) is 5.92 Å². The monoisotopic (exact) mass is 365 g/mol. The van der Waals surface area contributed by atoms with Gasteiger partial charge in [0.05, 0.1) is 0 Å². The maximum Gasteiger partial charge on any atom is 0.243 e. The van der Waals surface area contributed by atoms with Crippen LogP contribution >= 0.6 is 0 Å². The third-order valence-electron chi connectivity index (χ3n) is 5.41. The molecule has 1 saturated carbocycles. The molecule has 2 unspecified atom stereocenters. The molecule has 1 aliphatic heterocycles. The Hall–Kier alpha value is -1.79. The van der Waals surface area contributed by atoms with Crippen LogP contribution in [0.1, 0.15) is 52.4 Å². The zero-order valence-electron chi connectivity index (χ0n) is 16.8. The minimum absolute atomic E-state index is 0.0280. The van der Waals surface area contributed by atoms with Crippen molar-refractivity contribution in [2.24, 2.45) is 10.9 Å². The predicted octanol–water partition coefficient (Wildman–Crippen LogP) is 1.20. The van der Waals surface area contributed by atoms with Crippen LogP contribution < -0.4 is 10.6 Å². The Balaban J connectivity index is 1.91. The molecule has 7 nitrogen and oxygen atoms in total. The van der Waals surface area contributed by atoms with Crippen molar-refractivity contribution in [3.63, 3.8) is 0 Å². The molecule has 2 atom stereocenters. The summed E-state index contributed by atoms with van der Waals surface area (Å²) in [4.78, 5) is 32.4. The van der Waals surface area contributed by atoms with Crippen LogP contribution in [0.3, 0.4) is 0 Å². The molecule has 0 aromatic carbocycles. The Kier molecular flexibility index (Phi) is 7.72. The molecule has 1 heterocycles. The number of aliphatic imine (C=N–C) groups is 1. The first-order chi connectivity index (χ1) is 12.4. The number of nitrogens with one attached hydrogen (secondary N) is 2. The molecule has 0 aromatic rings. The Morgan fingerprint density at radius 2 is 1.92 bits per heavy atom. The molecule has 1 aliphatic carbocycles. The molecule has 0 bridgehead atoms. The van der Waals surface area contributed by atoms with E-state index >= 15 is 0 Å². The van der Waals surface area contributed by atoms with Gasteiger partial charge in [-0.1, -0.05) is 19.8 Å². The van der Waals surface area contributed by atoms with E-state index in [9.17, 15) is 9.59 Å². The van der Waals surface area contributed by atoms with Gasteiger partial charge in [-0.05, 0) is 32.6 Å². The second kappa shape index (κ2) is 9.78. The first-order valence-electron chi connectivity index (χ1n) is 9.97. The molecule has 2 aliphatic rings. The standard InChI is InChI=1S/C19H35N5O2/c1-5-14(2)21-19(20-12-17(25)23(3)4)22-16-10-11-24(13-16)18(26)15-8-6-7-9-15/h14-16H,5-13H2,1-4H3,(H2,20,21,22). The van der Waals surface area contributed by atoms with Crippen molar-refractivity contribution >= 4 is 17.8 Å². The largest absolute Gasteiger partial charge is 0.354 e. The maximum absolute atomic E-state index is 12.6. The van der Waals surface area contributed by atoms with Crippen molar-refractivity contribution in [3.05, 3.63) is 0 Å². The van der Waals surface area contributed by atoms with Crippen LogP contribution in [0.2, 0.25) is 0 Å². The lowest BCUT2D eigenvalue weighted by Gasteiger charge is -2.23. The van der Waals surface area contributed by atoms with E-state index in [1.807, 2.05) is 4.90 Å². The van der Waals surface area contributed by atoms with E-state index in [4.69, 9.17) is 0 Å². The van der Waals surface area contributed by atoms with Gasteiger partial charge < -0.3 is 20.4 Å². The molecule has 1 saturated heterocycles. The number of likely N-dealkylation sites (tertiary alicyclic amines) is 1. The van der Waals surface area contributed by atoms with Crippen molar-refractivity contribution in [3.8, 4) is 0 Å². The highest BCUT2D eigenvalue weighted by molar-refractivity contribution is 5.85. The highest BCUT2D eigenvalue weighted by Gasteiger charge is 2.32. The van der Waals surface area contributed by atoms with E-state index < -0.39 is 0 Å². The Morgan fingerprint density at radius 3 is 2.54 bits per heavy atom. The van der Waals surface area contributed by atoms with E-state index in [2.05, 4.69) is 29.5 Å². The molecular formula is C19H35N5O2. The van der Waals surface area contributed by atoms with E-state index in [-0.39, 0.29) is 30.5 Å². The van der Waals surface area contributed by atoms with E-state index in [1.54, 1.807) is 19.0 Å². The molecule has 0 spiro atoms. The average molecular weight is 366 g/mol. The van der Waals surface area contributed by atoms with Gasteiger partial charge in [-0.15, -0.1) is 0 Å². The lowest BCUT2D eigenvalue weighted by molar-refractivity contribution is -0.134. The van der Waals surface area contributed by atoms with Gasteiger partial charge >= 0.3 is 0 Å². The second-order valence-corrected chi connectivity index (χ2v) is 7.80. The van der Waals surface area contributed by atoms with Gasteiger partial charge in [0.15, 0.2) is 5.96 Å². The molecule has 0 aromatic heterocycles. The van der Waals surface area contributed by atoms with Gasteiger partial charge in [-0.25, -0.2) is 4.99 Å². The summed E-state index contributed by atoms with van der Waals surface area (Å²) in [7, 11) is 3.47. The number of carbonyl (C=O) groups excluding carboxylic acids is 2. The quantitative estimate of drug-likeness (QED) is 0.548. The summed E-state index contributed by atoms with van der Waals surface area (Å²) < 4.78 is 0. The second-order valence-electron chi connectivity index (χ2n) is 7.80. The van der Waals surface area contributed by atoms with Gasteiger partial charge in [0.25, 0.3) is 0 Å². The maximum atomic E-state index is 12.6. The zero-order valence-corrected chi connectivity index (χ0v) is 16.8. The van der Waals surface area contributed by atoms with Crippen LogP contribution in [0.4, 0.5) is 0 Å². The molecule has 148 valence electrons. The normalized spacial score (nSPS) is 22.4. The molecule has 7 heteroatoms. The molecule has 0 radical (unpaired) electrons. The Bertz CT molecular complexity index is 514. The van der Waals surface area contributed by atoms with Crippen LogP contribution in [0.5, 0.6) is 0 Å². The fourth-order valence-electron chi connectivity index (χ4n) is 3.46. The summed E-state index contributed by atoms with van der Waals surface area (Å²) in [6, 6.07) is 0.457. The number of guanidine groups is 1. The van der Waals surface area contributed by atoms with Gasteiger partial charge in [0.1, 0.15) is 6.54 Å². The average Bonchev–Trinajstić information content (AvgIpc) is 3.30. The van der Waals surface area contributed by atoms with Gasteiger partial charge in [-0.3, -0.25) is 9.59 Å². The summed E-state index contributed by atoms with van der Waals surface area (Å²) in [5.74, 6) is 1.19. The lowest BCUT2D eigenvalue weighted by atomic mass is 10.1. The highest BCUT2D eigenvalue weighted by Crippen LogP contribution is 2.27. The fourth-order valence-corrected chi connectivity index (χ4v) is 3.46. The topological polar surface area (TPSA) is 77.0 Å². The number of carbonyl (C=O) groups is 2. The lowest BCUT2D eigenvalue weighted by Crippen LogP contribution is -2.48. The van der Waals surface area contributed by atoms with Crippen molar-refractivity contribution in [1.82, 2.24) is 20.4 Å². The summed E-state index contributed by atoms with van der Waals surface area (Å²) in [5, 5.41) is 6.78. The first kappa shape index (κ1) is 20.5. The highest BCUT2D eigenvalue weighted by atomic mass is 16.2. The van der Waals surface area contributed by atoms with Crippen LogP contribution in [0.15, 0.2) is 4.99 Å². The molecular weight excluding hydrogens is 330 g/mol. The number of hydrogen-bond donors (Lipinski definition) is 2.